The molecular weight excluding hydrogens is 466 g/mol. The lowest BCUT2D eigenvalue weighted by atomic mass is 9.94. The van der Waals surface area contributed by atoms with E-state index in [1.165, 1.54) is 23.1 Å². The van der Waals surface area contributed by atoms with Crippen molar-refractivity contribution in [3.05, 3.63) is 101 Å². The van der Waals surface area contributed by atoms with E-state index in [2.05, 4.69) is 15.5 Å². The van der Waals surface area contributed by atoms with Crippen molar-refractivity contribution in [2.75, 3.05) is 12.0 Å². The molecule has 0 fully saturated rings. The maximum atomic E-state index is 14.4. The van der Waals surface area contributed by atoms with Crippen molar-refractivity contribution in [3.63, 3.8) is 0 Å². The largest absolute Gasteiger partial charge is 0.497 e. The first kappa shape index (κ1) is 23.2. The van der Waals surface area contributed by atoms with Gasteiger partial charge in [0.2, 0.25) is 5.82 Å². The molecule has 0 bridgehead atoms. The predicted molar refractivity (Wildman–Crippen MR) is 130 cm³/mol. The van der Waals surface area contributed by atoms with E-state index in [-0.39, 0.29) is 11.7 Å². The number of ether oxygens (including phenoxy) is 1. The summed E-state index contributed by atoms with van der Waals surface area (Å²) < 4.78 is 39.0. The second kappa shape index (κ2) is 9.26. The van der Waals surface area contributed by atoms with E-state index in [0.29, 0.717) is 33.8 Å². The van der Waals surface area contributed by atoms with Crippen LogP contribution in [-0.2, 0) is 0 Å². The maximum Gasteiger partial charge on any atom is 0.327 e. The Bertz CT molecular complexity index is 1480. The van der Waals surface area contributed by atoms with E-state index >= 15 is 0 Å². The van der Waals surface area contributed by atoms with Gasteiger partial charge < -0.3 is 14.6 Å². The summed E-state index contributed by atoms with van der Waals surface area (Å²) in [7, 11) is 1.57. The molecule has 2 heterocycles. The average molecular weight is 488 g/mol. The van der Waals surface area contributed by atoms with Crippen molar-refractivity contribution in [2.45, 2.75) is 19.9 Å². The van der Waals surface area contributed by atoms with Gasteiger partial charge in [-0.25, -0.2) is 13.6 Å². The minimum atomic E-state index is -0.643. The van der Waals surface area contributed by atoms with Crippen molar-refractivity contribution in [3.8, 4) is 17.1 Å². The van der Waals surface area contributed by atoms with Crippen molar-refractivity contribution < 1.29 is 22.8 Å². The number of aryl methyl sites for hydroxylation is 1. The number of methoxy groups -OCH3 is 1. The van der Waals surface area contributed by atoms with Gasteiger partial charge >= 0.3 is 6.03 Å². The van der Waals surface area contributed by atoms with Gasteiger partial charge in [-0.05, 0) is 61.4 Å². The Morgan fingerprint density at radius 3 is 2.50 bits per heavy atom. The fourth-order valence-electron chi connectivity index (χ4n) is 4.18. The third-order valence-electron chi connectivity index (χ3n) is 6.09. The third-order valence-corrected chi connectivity index (χ3v) is 6.09. The monoisotopic (exact) mass is 488 g/mol. The average Bonchev–Trinajstić information content (AvgIpc) is 3.36. The zero-order valence-electron chi connectivity index (χ0n) is 19.8. The number of hydrogen-bond donors (Lipinski definition) is 1. The summed E-state index contributed by atoms with van der Waals surface area (Å²) in [4.78, 5) is 19.2. The summed E-state index contributed by atoms with van der Waals surface area (Å²) in [5, 5.41) is 7.01. The molecule has 0 spiro atoms. The zero-order valence-corrected chi connectivity index (χ0v) is 19.8. The molecule has 1 aliphatic rings. The van der Waals surface area contributed by atoms with Gasteiger partial charge in [-0.3, -0.25) is 4.90 Å². The van der Waals surface area contributed by atoms with Crippen LogP contribution < -0.4 is 15.0 Å². The lowest BCUT2D eigenvalue weighted by molar-refractivity contribution is 0.244. The normalized spacial score (nSPS) is 15.8. The second-order valence-electron chi connectivity index (χ2n) is 8.36. The number of hydrogen-bond acceptors (Lipinski definition) is 5. The number of aromatic nitrogens is 2. The molecule has 0 saturated heterocycles. The highest BCUT2D eigenvalue weighted by molar-refractivity contribution is 6.01. The molecule has 0 radical (unpaired) electrons. The molecule has 7 nitrogen and oxygen atoms in total. The number of carbonyl (C=O) groups excluding carboxylic acids is 1. The highest BCUT2D eigenvalue weighted by Gasteiger charge is 2.36. The highest BCUT2D eigenvalue weighted by atomic mass is 19.1. The Hall–Kier alpha value is -4.53. The molecule has 1 N–H and O–H groups in total. The molecule has 182 valence electrons. The summed E-state index contributed by atoms with van der Waals surface area (Å²) in [5.74, 6) is 0.139. The van der Waals surface area contributed by atoms with E-state index in [1.54, 1.807) is 57.4 Å². The number of nitrogens with one attached hydrogen (secondary N) is 1. The van der Waals surface area contributed by atoms with Crippen molar-refractivity contribution >= 4 is 17.3 Å². The molecule has 2 amide bonds. The molecule has 4 aromatic rings. The number of carbonyl (C=O) groups is 1. The Labute approximate surface area is 206 Å². The van der Waals surface area contributed by atoms with Gasteiger partial charge in [0.25, 0.3) is 5.89 Å². The van der Waals surface area contributed by atoms with Crippen molar-refractivity contribution in [2.24, 2.45) is 0 Å². The second-order valence-corrected chi connectivity index (χ2v) is 8.36. The van der Waals surface area contributed by atoms with Gasteiger partial charge in [0.1, 0.15) is 17.4 Å². The molecule has 0 aliphatic carbocycles. The lowest BCUT2D eigenvalue weighted by Crippen LogP contribution is -2.46. The molecule has 1 aromatic heterocycles. The van der Waals surface area contributed by atoms with Crippen LogP contribution in [0.3, 0.4) is 0 Å². The van der Waals surface area contributed by atoms with E-state index in [9.17, 15) is 13.6 Å². The number of urea groups is 1. The van der Waals surface area contributed by atoms with Crippen LogP contribution in [0.1, 0.15) is 30.0 Å². The number of allylic oxidation sites excluding steroid dienone is 1. The zero-order chi connectivity index (χ0) is 25.4. The fraction of sp³-hybridized carbons (Fsp3) is 0.148. The molecule has 1 atom stereocenters. The summed E-state index contributed by atoms with van der Waals surface area (Å²) in [6.07, 6.45) is 0. The van der Waals surface area contributed by atoms with E-state index in [4.69, 9.17) is 9.26 Å². The van der Waals surface area contributed by atoms with Crippen LogP contribution in [0.15, 0.2) is 77.0 Å². The summed E-state index contributed by atoms with van der Waals surface area (Å²) >= 11 is 0. The smallest absolute Gasteiger partial charge is 0.327 e. The molecule has 36 heavy (non-hydrogen) atoms. The lowest BCUT2D eigenvalue weighted by Gasteiger charge is -2.35. The number of halogens is 2. The van der Waals surface area contributed by atoms with Crippen molar-refractivity contribution in [1.82, 2.24) is 15.5 Å². The molecule has 1 aliphatic heterocycles. The minimum Gasteiger partial charge on any atom is -0.497 e. The van der Waals surface area contributed by atoms with Gasteiger partial charge in [-0.1, -0.05) is 35.5 Å². The van der Waals surface area contributed by atoms with Gasteiger partial charge in [0.15, 0.2) is 0 Å². The SMILES string of the molecule is COc1ccc(C2NC(=O)N(c3ccc(C)c(F)c3)C(C)=C2c2nc(-c3cccc(F)c3)no2)cc1. The van der Waals surface area contributed by atoms with Crippen LogP contribution in [0.4, 0.5) is 19.3 Å². The topological polar surface area (TPSA) is 80.5 Å². The van der Waals surface area contributed by atoms with Crippen LogP contribution in [0.25, 0.3) is 17.0 Å². The van der Waals surface area contributed by atoms with Crippen LogP contribution in [0, 0.1) is 18.6 Å². The summed E-state index contributed by atoms with van der Waals surface area (Å²) in [6.45, 7) is 3.38. The standard InChI is InChI=1S/C27H22F2N4O3/c1-15-7-10-20(14-22(15)29)33-16(2)23(24(30-27(33)34)17-8-11-21(35-3)12-9-17)26-31-25(32-36-26)18-5-4-6-19(28)13-18/h4-14,24H,1-3H3,(H,30,34). The molecule has 9 heteroatoms. The first-order chi connectivity index (χ1) is 17.4. The number of anilines is 1. The number of nitrogens with zero attached hydrogens (tertiary/aromatic N) is 3. The van der Waals surface area contributed by atoms with Gasteiger partial charge in [-0.15, -0.1) is 0 Å². The van der Waals surface area contributed by atoms with Crippen LogP contribution >= 0.6 is 0 Å². The van der Waals surface area contributed by atoms with E-state index in [0.717, 1.165) is 5.56 Å². The first-order valence-corrected chi connectivity index (χ1v) is 11.2. The Balaban J connectivity index is 1.65. The number of benzene rings is 3. The number of amides is 2. The van der Waals surface area contributed by atoms with Gasteiger partial charge in [-0.2, -0.15) is 4.98 Å². The third kappa shape index (κ3) is 4.19. The number of rotatable bonds is 5. The van der Waals surface area contributed by atoms with Crippen LogP contribution in [0.5, 0.6) is 5.75 Å². The molecule has 1 unspecified atom stereocenters. The van der Waals surface area contributed by atoms with Crippen LogP contribution in [-0.4, -0.2) is 23.3 Å². The highest BCUT2D eigenvalue weighted by Crippen LogP contribution is 2.39. The molecule has 3 aromatic carbocycles. The van der Waals surface area contributed by atoms with Gasteiger partial charge in [0, 0.05) is 11.3 Å². The van der Waals surface area contributed by atoms with E-state index < -0.39 is 23.7 Å². The van der Waals surface area contributed by atoms with E-state index in [1.807, 2.05) is 12.1 Å². The Morgan fingerprint density at radius 1 is 1.03 bits per heavy atom. The maximum absolute atomic E-state index is 14.4. The first-order valence-electron chi connectivity index (χ1n) is 11.2. The molecule has 0 saturated carbocycles. The minimum absolute atomic E-state index is 0.144. The fourth-order valence-corrected chi connectivity index (χ4v) is 4.18. The predicted octanol–water partition coefficient (Wildman–Crippen LogP) is 6.03. The summed E-state index contributed by atoms with van der Waals surface area (Å²) in [5.41, 5.74) is 3.02. The molecule has 5 rings (SSSR count). The summed E-state index contributed by atoms with van der Waals surface area (Å²) in [6, 6.07) is 16.6. The Morgan fingerprint density at radius 2 is 1.81 bits per heavy atom. The van der Waals surface area contributed by atoms with Crippen LogP contribution in [0.2, 0.25) is 0 Å². The van der Waals surface area contributed by atoms with Gasteiger partial charge in [0.05, 0.1) is 24.4 Å². The Kier molecular flexibility index (Phi) is 5.97. The molecular formula is C27H22F2N4O3. The van der Waals surface area contributed by atoms with Crippen molar-refractivity contribution in [1.29, 1.82) is 0 Å². The quantitative estimate of drug-likeness (QED) is 0.371.